The monoisotopic (exact) mass is 459 g/mol. The molecule has 0 bridgehead atoms. The largest absolute Gasteiger partial charge is 0.349 e. The van der Waals surface area contributed by atoms with Gasteiger partial charge in [0.2, 0.25) is 17.7 Å². The number of hydrogen-bond donors (Lipinski definition) is 2. The van der Waals surface area contributed by atoms with E-state index in [1.807, 2.05) is 31.2 Å². The standard InChI is InChI=1S/C23H23Cl2N3O3/c1-13(14-4-7-17(8-5-14)27-21(29)15-2-3-15)26-22(30)18-10-11-28(23(18)31)20-12-16(24)6-9-19(20)25/h4-9,12-13,15,18H,2-3,10-11H2,1H3,(H,26,30)(H,27,29). The van der Waals surface area contributed by atoms with E-state index in [0.29, 0.717) is 28.7 Å². The summed E-state index contributed by atoms with van der Waals surface area (Å²) in [5.74, 6) is -1.17. The van der Waals surface area contributed by atoms with Crippen LogP contribution in [0.3, 0.4) is 0 Å². The zero-order valence-electron chi connectivity index (χ0n) is 17.0. The lowest BCUT2D eigenvalue weighted by Crippen LogP contribution is -2.38. The van der Waals surface area contributed by atoms with Crippen molar-refractivity contribution in [3.8, 4) is 0 Å². The average Bonchev–Trinajstić information content (AvgIpc) is 3.53. The molecule has 2 atom stereocenters. The van der Waals surface area contributed by atoms with Gasteiger partial charge >= 0.3 is 0 Å². The van der Waals surface area contributed by atoms with Crippen molar-refractivity contribution in [1.82, 2.24) is 5.32 Å². The number of halogens is 2. The maximum Gasteiger partial charge on any atom is 0.239 e. The van der Waals surface area contributed by atoms with Crippen LogP contribution in [0.5, 0.6) is 0 Å². The number of nitrogens with one attached hydrogen (secondary N) is 2. The number of nitrogens with zero attached hydrogens (tertiary/aromatic N) is 1. The zero-order chi connectivity index (χ0) is 22.1. The summed E-state index contributed by atoms with van der Waals surface area (Å²) in [4.78, 5) is 39.0. The SMILES string of the molecule is CC(NC(=O)C1CCN(c2cc(Cl)ccc2Cl)C1=O)c1ccc(NC(=O)C2CC2)cc1. The number of carbonyl (C=O) groups excluding carboxylic acids is 3. The number of carbonyl (C=O) groups is 3. The molecule has 2 aliphatic rings. The smallest absolute Gasteiger partial charge is 0.239 e. The Bertz CT molecular complexity index is 1020. The highest BCUT2D eigenvalue weighted by molar-refractivity contribution is 6.36. The van der Waals surface area contributed by atoms with Crippen molar-refractivity contribution >= 4 is 52.3 Å². The molecule has 2 unspecified atom stereocenters. The summed E-state index contributed by atoms with van der Waals surface area (Å²) >= 11 is 12.3. The minimum absolute atomic E-state index is 0.0539. The van der Waals surface area contributed by atoms with Gasteiger partial charge in [-0.05, 0) is 62.1 Å². The Morgan fingerprint density at radius 1 is 1.03 bits per heavy atom. The molecule has 2 fully saturated rings. The van der Waals surface area contributed by atoms with E-state index in [-0.39, 0.29) is 29.7 Å². The summed E-state index contributed by atoms with van der Waals surface area (Å²) in [5.41, 5.74) is 2.14. The summed E-state index contributed by atoms with van der Waals surface area (Å²) in [5, 5.41) is 6.71. The number of amides is 3. The summed E-state index contributed by atoms with van der Waals surface area (Å²) in [7, 11) is 0. The van der Waals surface area contributed by atoms with Crippen LogP contribution < -0.4 is 15.5 Å². The van der Waals surface area contributed by atoms with Gasteiger partial charge in [0.25, 0.3) is 0 Å². The Balaban J connectivity index is 1.37. The minimum atomic E-state index is -0.769. The fourth-order valence-corrected chi connectivity index (χ4v) is 4.08. The lowest BCUT2D eigenvalue weighted by molar-refractivity contribution is -0.132. The molecule has 2 aromatic rings. The zero-order valence-corrected chi connectivity index (χ0v) is 18.5. The van der Waals surface area contributed by atoms with Crippen LogP contribution in [-0.2, 0) is 14.4 Å². The molecular weight excluding hydrogens is 437 g/mol. The molecule has 1 aliphatic carbocycles. The van der Waals surface area contributed by atoms with Gasteiger partial charge in [-0.1, -0.05) is 35.3 Å². The Labute approximate surface area is 190 Å². The lowest BCUT2D eigenvalue weighted by Gasteiger charge is -2.20. The van der Waals surface area contributed by atoms with Crippen molar-refractivity contribution in [2.45, 2.75) is 32.2 Å². The molecular formula is C23H23Cl2N3O3. The van der Waals surface area contributed by atoms with E-state index in [4.69, 9.17) is 23.2 Å². The van der Waals surface area contributed by atoms with E-state index in [2.05, 4.69) is 10.6 Å². The first kappa shape index (κ1) is 21.7. The second-order valence-corrected chi connectivity index (χ2v) is 8.89. The number of rotatable bonds is 6. The topological polar surface area (TPSA) is 78.5 Å². The molecule has 162 valence electrons. The van der Waals surface area contributed by atoms with Crippen molar-refractivity contribution in [3.05, 3.63) is 58.1 Å². The molecule has 2 N–H and O–H groups in total. The normalized spacial score (nSPS) is 19.3. The van der Waals surface area contributed by atoms with Gasteiger partial charge < -0.3 is 15.5 Å². The Morgan fingerprint density at radius 3 is 2.42 bits per heavy atom. The van der Waals surface area contributed by atoms with Gasteiger partial charge in [0.15, 0.2) is 0 Å². The second kappa shape index (κ2) is 8.89. The number of hydrogen-bond acceptors (Lipinski definition) is 3. The van der Waals surface area contributed by atoms with Gasteiger partial charge in [-0.25, -0.2) is 0 Å². The third-order valence-corrected chi connectivity index (χ3v) is 6.26. The van der Waals surface area contributed by atoms with E-state index in [0.717, 1.165) is 24.1 Å². The molecule has 6 nitrogen and oxygen atoms in total. The Kier molecular flexibility index (Phi) is 6.21. The highest BCUT2D eigenvalue weighted by Crippen LogP contribution is 2.34. The van der Waals surface area contributed by atoms with E-state index in [1.165, 1.54) is 4.90 Å². The molecule has 4 rings (SSSR count). The maximum absolute atomic E-state index is 12.9. The maximum atomic E-state index is 12.9. The molecule has 1 aliphatic heterocycles. The molecule has 1 heterocycles. The van der Waals surface area contributed by atoms with Gasteiger partial charge in [0, 0.05) is 23.2 Å². The second-order valence-electron chi connectivity index (χ2n) is 8.04. The van der Waals surface area contributed by atoms with Gasteiger partial charge in [-0.2, -0.15) is 0 Å². The van der Waals surface area contributed by atoms with E-state index in [1.54, 1.807) is 18.2 Å². The van der Waals surface area contributed by atoms with Crippen LogP contribution in [-0.4, -0.2) is 24.3 Å². The third-order valence-electron chi connectivity index (χ3n) is 5.71. The van der Waals surface area contributed by atoms with E-state index < -0.39 is 5.92 Å². The van der Waals surface area contributed by atoms with Crippen molar-refractivity contribution < 1.29 is 14.4 Å². The first-order chi connectivity index (χ1) is 14.8. The fraction of sp³-hybridized carbons (Fsp3) is 0.348. The molecule has 8 heteroatoms. The van der Waals surface area contributed by atoms with Crippen molar-refractivity contribution in [1.29, 1.82) is 0 Å². The minimum Gasteiger partial charge on any atom is -0.349 e. The molecule has 3 amide bonds. The van der Waals surface area contributed by atoms with Crippen molar-refractivity contribution in [2.24, 2.45) is 11.8 Å². The van der Waals surface area contributed by atoms with Gasteiger partial charge in [-0.15, -0.1) is 0 Å². The molecule has 1 saturated heterocycles. The van der Waals surface area contributed by atoms with Gasteiger partial charge in [-0.3, -0.25) is 14.4 Å². The van der Waals surface area contributed by atoms with Gasteiger partial charge in [0.05, 0.1) is 16.8 Å². The quantitative estimate of drug-likeness (QED) is 0.620. The van der Waals surface area contributed by atoms with Crippen LogP contribution in [0.2, 0.25) is 10.0 Å². The molecule has 0 aromatic heterocycles. The molecule has 31 heavy (non-hydrogen) atoms. The first-order valence-electron chi connectivity index (χ1n) is 10.3. The lowest BCUT2D eigenvalue weighted by atomic mass is 10.0. The molecule has 0 radical (unpaired) electrons. The third kappa shape index (κ3) is 4.86. The van der Waals surface area contributed by atoms with Gasteiger partial charge in [0.1, 0.15) is 5.92 Å². The van der Waals surface area contributed by atoms with Crippen LogP contribution in [0.1, 0.15) is 37.8 Å². The van der Waals surface area contributed by atoms with Crippen LogP contribution in [0.4, 0.5) is 11.4 Å². The van der Waals surface area contributed by atoms with E-state index in [9.17, 15) is 14.4 Å². The van der Waals surface area contributed by atoms with Crippen molar-refractivity contribution in [2.75, 3.05) is 16.8 Å². The summed E-state index contributed by atoms with van der Waals surface area (Å²) in [6.45, 7) is 2.27. The molecule has 2 aromatic carbocycles. The molecule has 1 saturated carbocycles. The van der Waals surface area contributed by atoms with Crippen LogP contribution in [0.15, 0.2) is 42.5 Å². The van der Waals surface area contributed by atoms with Crippen LogP contribution in [0, 0.1) is 11.8 Å². The summed E-state index contributed by atoms with van der Waals surface area (Å²) < 4.78 is 0. The Hall–Kier alpha value is -2.57. The van der Waals surface area contributed by atoms with E-state index >= 15 is 0 Å². The Morgan fingerprint density at radius 2 is 1.74 bits per heavy atom. The molecule has 0 spiro atoms. The van der Waals surface area contributed by atoms with Crippen LogP contribution in [0.25, 0.3) is 0 Å². The first-order valence-corrected chi connectivity index (χ1v) is 11.1. The van der Waals surface area contributed by atoms with Crippen LogP contribution >= 0.6 is 23.2 Å². The number of benzene rings is 2. The fourth-order valence-electron chi connectivity index (χ4n) is 3.70. The predicted molar refractivity (Wildman–Crippen MR) is 121 cm³/mol. The average molecular weight is 460 g/mol. The highest BCUT2D eigenvalue weighted by atomic mass is 35.5. The van der Waals surface area contributed by atoms with Crippen molar-refractivity contribution in [3.63, 3.8) is 0 Å². The number of anilines is 2. The summed E-state index contributed by atoms with van der Waals surface area (Å²) in [6, 6.07) is 12.0. The predicted octanol–water partition coefficient (Wildman–Crippen LogP) is 4.57. The highest BCUT2D eigenvalue weighted by Gasteiger charge is 2.38. The summed E-state index contributed by atoms with van der Waals surface area (Å²) in [6.07, 6.45) is 2.31.